The van der Waals surface area contributed by atoms with Gasteiger partial charge in [0, 0.05) is 5.56 Å². The van der Waals surface area contributed by atoms with Gasteiger partial charge in [0.1, 0.15) is 0 Å². The number of aliphatic hydroxyl groups is 1. The average Bonchev–Trinajstić information content (AvgIpc) is 2.24. The second-order valence-electron chi connectivity index (χ2n) is 3.90. The summed E-state index contributed by atoms with van der Waals surface area (Å²) in [5.41, 5.74) is -0.250. The fraction of sp³-hybridized carbons (Fsp3) is 0.500. The molecule has 0 radical (unpaired) electrons. The van der Waals surface area contributed by atoms with Crippen LogP contribution in [0.4, 0.5) is 5.69 Å². The Morgan fingerprint density at radius 3 is 2.47 bits per heavy atom. The molecule has 0 aliphatic heterocycles. The number of nitro groups is 1. The van der Waals surface area contributed by atoms with Crippen molar-refractivity contribution in [3.63, 3.8) is 0 Å². The first-order valence-electron chi connectivity index (χ1n) is 5.01. The molecule has 2 unspecified atom stereocenters. The van der Waals surface area contributed by atoms with E-state index in [9.17, 15) is 20.0 Å². The molecule has 0 aromatic carbocycles. The highest BCUT2D eigenvalue weighted by Gasteiger charge is 2.22. The van der Waals surface area contributed by atoms with Crippen molar-refractivity contribution < 1.29 is 10.0 Å². The molecule has 1 aromatic heterocycles. The van der Waals surface area contributed by atoms with Gasteiger partial charge < -0.3 is 9.67 Å². The molecule has 0 amide bonds. The number of hydrogen-bond acceptors (Lipinski definition) is 4. The second kappa shape index (κ2) is 4.97. The number of aliphatic hydroxyl groups excluding tert-OH is 1. The van der Waals surface area contributed by atoms with Crippen molar-refractivity contribution >= 4 is 21.6 Å². The van der Waals surface area contributed by atoms with E-state index in [-0.39, 0.29) is 21.3 Å². The van der Waals surface area contributed by atoms with E-state index in [1.165, 1.54) is 24.6 Å². The van der Waals surface area contributed by atoms with Gasteiger partial charge in [0.05, 0.1) is 27.7 Å². The minimum absolute atomic E-state index is 0.149. The standard InChI is InChI=1S/C10H13BrN2O4/c1-5-8(13(16)17)4-12(6(2)7(3)14)10(15)9(5)11/h4,6-7,14H,1-3H3. The Balaban J connectivity index is 3.53. The number of nitrogens with zero attached hydrogens (tertiary/aromatic N) is 2. The lowest BCUT2D eigenvalue weighted by Crippen LogP contribution is -2.30. The van der Waals surface area contributed by atoms with Gasteiger partial charge in [0.15, 0.2) is 0 Å². The first-order valence-corrected chi connectivity index (χ1v) is 5.80. The number of hydrogen-bond donors (Lipinski definition) is 1. The van der Waals surface area contributed by atoms with E-state index in [1.54, 1.807) is 6.92 Å². The summed E-state index contributed by atoms with van der Waals surface area (Å²) >= 11 is 3.05. The number of rotatable bonds is 3. The Hall–Kier alpha value is -1.21. The molecule has 0 bridgehead atoms. The van der Waals surface area contributed by atoms with Crippen LogP contribution >= 0.6 is 15.9 Å². The smallest absolute Gasteiger partial charge is 0.289 e. The molecule has 0 spiro atoms. The van der Waals surface area contributed by atoms with Gasteiger partial charge in [-0.3, -0.25) is 14.9 Å². The molecule has 0 fully saturated rings. The normalized spacial score (nSPS) is 14.4. The van der Waals surface area contributed by atoms with E-state index < -0.39 is 17.1 Å². The summed E-state index contributed by atoms with van der Waals surface area (Å²) in [6.07, 6.45) is 0.390. The van der Waals surface area contributed by atoms with E-state index in [2.05, 4.69) is 15.9 Å². The SMILES string of the molecule is Cc1c([N+](=O)[O-])cn(C(C)C(C)O)c(=O)c1Br. The van der Waals surface area contributed by atoms with E-state index >= 15 is 0 Å². The van der Waals surface area contributed by atoms with Gasteiger partial charge in [-0.15, -0.1) is 0 Å². The molecule has 94 valence electrons. The molecule has 7 heteroatoms. The lowest BCUT2D eigenvalue weighted by molar-refractivity contribution is -0.386. The fourth-order valence-corrected chi connectivity index (χ4v) is 1.80. The summed E-state index contributed by atoms with van der Waals surface area (Å²) in [5.74, 6) is 0. The van der Waals surface area contributed by atoms with Crippen LogP contribution in [0, 0.1) is 17.0 Å². The van der Waals surface area contributed by atoms with E-state index in [1.807, 2.05) is 0 Å². The van der Waals surface area contributed by atoms with Crippen LogP contribution < -0.4 is 5.56 Å². The van der Waals surface area contributed by atoms with Gasteiger partial charge in [-0.05, 0) is 36.7 Å². The summed E-state index contributed by atoms with van der Waals surface area (Å²) in [6.45, 7) is 4.65. The zero-order valence-electron chi connectivity index (χ0n) is 9.68. The number of halogens is 1. The summed E-state index contributed by atoms with van der Waals surface area (Å²) in [4.78, 5) is 22.2. The third-order valence-corrected chi connectivity index (χ3v) is 3.66. The van der Waals surface area contributed by atoms with Crippen molar-refractivity contribution in [2.24, 2.45) is 0 Å². The van der Waals surface area contributed by atoms with E-state index in [0.717, 1.165) is 0 Å². The van der Waals surface area contributed by atoms with Crippen LogP contribution in [0.25, 0.3) is 0 Å². The zero-order valence-corrected chi connectivity index (χ0v) is 11.3. The first kappa shape index (κ1) is 13.9. The molecular weight excluding hydrogens is 292 g/mol. The highest BCUT2D eigenvalue weighted by Crippen LogP contribution is 2.24. The summed E-state index contributed by atoms with van der Waals surface area (Å²) in [7, 11) is 0. The van der Waals surface area contributed by atoms with Crippen LogP contribution in [0.1, 0.15) is 25.5 Å². The molecule has 0 aliphatic rings. The monoisotopic (exact) mass is 304 g/mol. The van der Waals surface area contributed by atoms with Gasteiger partial charge in [-0.2, -0.15) is 0 Å². The molecule has 1 aromatic rings. The predicted molar refractivity (Wildman–Crippen MR) is 66.2 cm³/mol. The quantitative estimate of drug-likeness (QED) is 0.681. The van der Waals surface area contributed by atoms with Crippen LogP contribution in [-0.4, -0.2) is 20.7 Å². The predicted octanol–water partition coefficient (Wildman–Crippen LogP) is 1.77. The zero-order chi connectivity index (χ0) is 13.3. The van der Waals surface area contributed by atoms with Crippen LogP contribution in [0.15, 0.2) is 15.5 Å². The van der Waals surface area contributed by atoms with Crippen LogP contribution in [0.2, 0.25) is 0 Å². The molecular formula is C10H13BrN2O4. The lowest BCUT2D eigenvalue weighted by Gasteiger charge is -2.18. The van der Waals surface area contributed by atoms with E-state index in [0.29, 0.717) is 0 Å². The number of pyridine rings is 1. The van der Waals surface area contributed by atoms with Crippen molar-refractivity contribution in [2.75, 3.05) is 0 Å². The van der Waals surface area contributed by atoms with Crippen molar-refractivity contribution in [3.8, 4) is 0 Å². The van der Waals surface area contributed by atoms with Crippen LogP contribution in [0.3, 0.4) is 0 Å². The average molecular weight is 305 g/mol. The fourth-order valence-electron chi connectivity index (χ4n) is 1.39. The van der Waals surface area contributed by atoms with Crippen molar-refractivity contribution in [1.29, 1.82) is 0 Å². The molecule has 2 atom stereocenters. The van der Waals surface area contributed by atoms with Crippen molar-refractivity contribution in [3.05, 3.63) is 36.7 Å². The van der Waals surface area contributed by atoms with Crippen molar-refractivity contribution in [1.82, 2.24) is 4.57 Å². The molecule has 17 heavy (non-hydrogen) atoms. The molecule has 1 rings (SSSR count). The second-order valence-corrected chi connectivity index (χ2v) is 4.70. The Morgan fingerprint density at radius 2 is 2.06 bits per heavy atom. The minimum atomic E-state index is -0.776. The largest absolute Gasteiger partial charge is 0.391 e. The van der Waals surface area contributed by atoms with Gasteiger partial charge in [0.25, 0.3) is 11.2 Å². The Bertz CT molecular complexity index is 510. The third kappa shape index (κ3) is 2.55. The van der Waals surface area contributed by atoms with Crippen molar-refractivity contribution in [2.45, 2.75) is 32.9 Å². The number of aromatic nitrogens is 1. The Labute approximate surface area is 106 Å². The third-order valence-electron chi connectivity index (χ3n) is 2.73. The molecule has 0 saturated carbocycles. The Morgan fingerprint density at radius 1 is 1.53 bits per heavy atom. The minimum Gasteiger partial charge on any atom is -0.391 e. The molecule has 6 nitrogen and oxygen atoms in total. The summed E-state index contributed by atoms with van der Waals surface area (Å²) in [5, 5.41) is 20.3. The molecule has 0 saturated heterocycles. The van der Waals surface area contributed by atoms with Crippen LogP contribution in [0.5, 0.6) is 0 Å². The summed E-state index contributed by atoms with van der Waals surface area (Å²) < 4.78 is 1.32. The molecule has 1 N–H and O–H groups in total. The van der Waals surface area contributed by atoms with Gasteiger partial charge in [-0.1, -0.05) is 0 Å². The lowest BCUT2D eigenvalue weighted by atomic mass is 10.2. The topological polar surface area (TPSA) is 85.4 Å². The first-order chi connectivity index (χ1) is 7.77. The van der Waals surface area contributed by atoms with E-state index in [4.69, 9.17) is 0 Å². The highest BCUT2D eigenvalue weighted by atomic mass is 79.9. The van der Waals surface area contributed by atoms with Gasteiger partial charge in [-0.25, -0.2) is 0 Å². The maximum Gasteiger partial charge on any atom is 0.289 e. The van der Waals surface area contributed by atoms with Gasteiger partial charge in [0.2, 0.25) is 0 Å². The summed E-state index contributed by atoms with van der Waals surface area (Å²) in [6, 6.07) is -0.530. The maximum atomic E-state index is 11.9. The van der Waals surface area contributed by atoms with Crippen LogP contribution in [-0.2, 0) is 0 Å². The molecule has 1 heterocycles. The Kier molecular flexibility index (Phi) is 4.05. The molecule has 0 aliphatic carbocycles. The highest BCUT2D eigenvalue weighted by molar-refractivity contribution is 9.10. The maximum absolute atomic E-state index is 11.9. The van der Waals surface area contributed by atoms with Gasteiger partial charge >= 0.3 is 0 Å².